The van der Waals surface area contributed by atoms with E-state index in [1.165, 1.54) is 119 Å². The SMILES string of the molecule is CC(C)c1nc(N(C)S(C)(=O)=O)nc(-c2ccc(F)cc2)c1C=C[C@@H](O)C[C@@H](O)CC(=O)O.CC(C)c1nc(N(C)S(C)(=O)=O)nc(-c2ccc(F)cc2)c1C=C[C@@H](O)C[C@@H](O)CC(=O)O.NC1CCCCC1.[CaH2]. The quantitative estimate of drug-likeness (QED) is 0.0562. The maximum absolute atomic E-state index is 13.5. The molecule has 0 bridgehead atoms. The first kappa shape index (κ1) is 65.6. The van der Waals surface area contributed by atoms with Crippen molar-refractivity contribution >= 4 is 93.8 Å². The molecule has 4 aromatic rings. The Labute approximate surface area is 462 Å². The zero-order valence-corrected chi connectivity index (χ0v) is 43.9. The summed E-state index contributed by atoms with van der Waals surface area (Å²) in [5.74, 6) is -3.74. The predicted octanol–water partition coefficient (Wildman–Crippen LogP) is 5.17. The van der Waals surface area contributed by atoms with Gasteiger partial charge in [-0.3, -0.25) is 9.59 Å². The van der Waals surface area contributed by atoms with Crippen molar-refractivity contribution in [2.75, 3.05) is 35.2 Å². The van der Waals surface area contributed by atoms with Gasteiger partial charge in [0.25, 0.3) is 0 Å². The van der Waals surface area contributed by atoms with Gasteiger partial charge in [-0.2, -0.15) is 0 Å². The minimum atomic E-state index is -3.65. The second-order valence-electron chi connectivity index (χ2n) is 18.4. The third-order valence-electron chi connectivity index (χ3n) is 11.3. The number of aliphatic hydroxyl groups is 4. The molecule has 5 rings (SSSR count). The van der Waals surface area contributed by atoms with Gasteiger partial charge >= 0.3 is 49.7 Å². The van der Waals surface area contributed by atoms with Crippen molar-refractivity contribution in [2.45, 2.75) is 128 Å². The van der Waals surface area contributed by atoms with Crippen molar-refractivity contribution in [2.24, 2.45) is 5.73 Å². The number of hydrogen-bond acceptors (Lipinski definition) is 15. The van der Waals surface area contributed by atoms with E-state index in [0.717, 1.165) is 21.1 Å². The molecule has 1 aliphatic carbocycles. The molecule has 8 N–H and O–H groups in total. The summed E-state index contributed by atoms with van der Waals surface area (Å²) in [6, 6.07) is 11.5. The van der Waals surface area contributed by atoms with Gasteiger partial charge in [0.15, 0.2) is 0 Å². The maximum atomic E-state index is 13.5. The topological polar surface area (TPSA) is 308 Å². The van der Waals surface area contributed by atoms with E-state index in [4.69, 9.17) is 15.9 Å². The van der Waals surface area contributed by atoms with Gasteiger partial charge in [-0.1, -0.05) is 71.3 Å². The fraction of sp³-hybridized carbons (Fsp3) is 0.480. The molecule has 0 saturated heterocycles. The second-order valence-corrected chi connectivity index (χ2v) is 22.4. The Morgan fingerprint density at radius 3 is 1.22 bits per heavy atom. The van der Waals surface area contributed by atoms with Gasteiger partial charge in [0.05, 0.1) is 72.5 Å². The summed E-state index contributed by atoms with van der Waals surface area (Å²) < 4.78 is 77.2. The minimum absolute atomic E-state index is 0. The van der Waals surface area contributed by atoms with Crippen LogP contribution < -0.4 is 14.3 Å². The third kappa shape index (κ3) is 21.6. The summed E-state index contributed by atoms with van der Waals surface area (Å²) in [6.07, 6.45) is 8.38. The first-order valence-corrected chi connectivity index (χ1v) is 27.2. The number of carboxylic acids is 2. The average Bonchev–Trinajstić information content (AvgIpc) is 3.29. The molecular formula is C50H71CaF2N7O12S2. The molecule has 4 atom stereocenters. The van der Waals surface area contributed by atoms with Gasteiger partial charge in [0, 0.05) is 55.2 Å². The van der Waals surface area contributed by atoms with Crippen LogP contribution in [0.5, 0.6) is 0 Å². The molecule has 2 aromatic heterocycles. The molecule has 74 heavy (non-hydrogen) atoms. The summed E-state index contributed by atoms with van der Waals surface area (Å²) in [6.45, 7) is 7.41. The molecule has 0 radical (unpaired) electrons. The van der Waals surface area contributed by atoms with E-state index in [0.29, 0.717) is 51.1 Å². The number of nitrogens with zero attached hydrogens (tertiary/aromatic N) is 6. The third-order valence-corrected chi connectivity index (χ3v) is 13.6. The molecular weight excluding hydrogens is 1030 g/mol. The van der Waals surface area contributed by atoms with Gasteiger partial charge in [-0.15, -0.1) is 0 Å². The Kier molecular flexibility index (Phi) is 26.8. The van der Waals surface area contributed by atoms with E-state index in [1.54, 1.807) is 0 Å². The van der Waals surface area contributed by atoms with Crippen LogP contribution in [0.25, 0.3) is 34.7 Å². The molecule has 1 saturated carbocycles. The predicted molar refractivity (Wildman–Crippen MR) is 285 cm³/mol. The van der Waals surface area contributed by atoms with Crippen molar-refractivity contribution in [3.63, 3.8) is 0 Å². The van der Waals surface area contributed by atoms with Crippen LogP contribution in [0.2, 0.25) is 0 Å². The summed E-state index contributed by atoms with van der Waals surface area (Å²) in [5.41, 5.74) is 9.24. The van der Waals surface area contributed by atoms with Crippen LogP contribution in [0, 0.1) is 11.6 Å². The number of carboxylic acid groups (broad SMARTS) is 2. The fourth-order valence-corrected chi connectivity index (χ4v) is 7.98. The van der Waals surface area contributed by atoms with Gasteiger partial charge in [0.2, 0.25) is 31.9 Å². The number of carbonyl (C=O) groups is 2. The number of aliphatic hydroxyl groups excluding tert-OH is 4. The van der Waals surface area contributed by atoms with Gasteiger partial charge in [0.1, 0.15) is 11.6 Å². The first-order valence-electron chi connectivity index (χ1n) is 23.5. The van der Waals surface area contributed by atoms with Crippen LogP contribution in [0.1, 0.15) is 120 Å². The molecule has 0 spiro atoms. The molecule has 24 heteroatoms. The average molecular weight is 1100 g/mol. The molecule has 2 aromatic carbocycles. The summed E-state index contributed by atoms with van der Waals surface area (Å²) >= 11 is 0. The Bertz CT molecular complexity index is 2570. The van der Waals surface area contributed by atoms with E-state index in [1.807, 2.05) is 27.7 Å². The Hall–Kier alpha value is -4.56. The fourth-order valence-electron chi connectivity index (χ4n) is 7.22. The zero-order valence-electron chi connectivity index (χ0n) is 42.3. The van der Waals surface area contributed by atoms with Crippen LogP contribution in [0.15, 0.2) is 60.7 Å². The number of sulfonamides is 2. The number of hydrogen-bond donors (Lipinski definition) is 7. The van der Waals surface area contributed by atoms with Crippen molar-refractivity contribution in [3.8, 4) is 22.5 Å². The molecule has 0 unspecified atom stereocenters. The molecule has 0 aliphatic heterocycles. The normalized spacial score (nSPS) is 14.8. The first-order chi connectivity index (χ1) is 34.0. The van der Waals surface area contributed by atoms with Gasteiger partial charge < -0.3 is 36.4 Å². The van der Waals surface area contributed by atoms with E-state index >= 15 is 0 Å². The number of anilines is 2. The number of benzene rings is 2. The van der Waals surface area contributed by atoms with Crippen LogP contribution in [0.3, 0.4) is 0 Å². The van der Waals surface area contributed by atoms with E-state index in [2.05, 4.69) is 19.9 Å². The van der Waals surface area contributed by atoms with Crippen molar-refractivity contribution in [3.05, 3.63) is 94.8 Å². The van der Waals surface area contributed by atoms with Crippen molar-refractivity contribution in [1.82, 2.24) is 19.9 Å². The molecule has 406 valence electrons. The summed E-state index contributed by atoms with van der Waals surface area (Å²) in [4.78, 5) is 39.1. The standard InChI is InChI=1S/2C22H28FN3O6S.C6H13N.Ca.2H/c2*1-13(2)20-18(10-9-16(27)11-17(28)12-19(29)30)21(14-5-7-15(23)8-6-14)25-22(24-20)26(3)33(4,31)32;7-6-4-2-1-3-5-6;;;/h2*5-10,13,16-17,27-28H,11-12H2,1-4H3,(H,29,30);6H,1-5,7H2;;;/t2*16-,17-;;;;/m11..../s1. The molecule has 2 heterocycles. The van der Waals surface area contributed by atoms with Crippen LogP contribution >= 0.6 is 0 Å². The van der Waals surface area contributed by atoms with E-state index in [9.17, 15) is 55.6 Å². The number of nitrogens with two attached hydrogens (primary N) is 1. The summed E-state index contributed by atoms with van der Waals surface area (Å²) in [5, 5.41) is 57.6. The van der Waals surface area contributed by atoms with Crippen molar-refractivity contribution in [1.29, 1.82) is 0 Å². The Morgan fingerprint density at radius 2 is 0.959 bits per heavy atom. The Morgan fingerprint density at radius 1 is 0.635 bits per heavy atom. The number of aromatic nitrogens is 4. The van der Waals surface area contributed by atoms with Crippen molar-refractivity contribution < 1.29 is 65.8 Å². The van der Waals surface area contributed by atoms with Crippen LogP contribution in [-0.4, -0.2) is 174 Å². The monoisotopic (exact) mass is 1100 g/mol. The van der Waals surface area contributed by atoms with E-state index in [-0.39, 0.29) is 74.3 Å². The number of aliphatic carboxylic acids is 2. The summed E-state index contributed by atoms with van der Waals surface area (Å²) in [7, 11) is -4.65. The van der Waals surface area contributed by atoms with E-state index < -0.39 is 80.9 Å². The molecule has 1 aliphatic rings. The molecule has 19 nitrogen and oxygen atoms in total. The van der Waals surface area contributed by atoms with Gasteiger partial charge in [-0.05, 0) is 73.2 Å². The molecule has 0 amide bonds. The van der Waals surface area contributed by atoms with Gasteiger partial charge in [-0.25, -0.2) is 54.2 Å². The van der Waals surface area contributed by atoms with Crippen LogP contribution in [0.4, 0.5) is 20.7 Å². The van der Waals surface area contributed by atoms with Crippen LogP contribution in [-0.2, 0) is 29.6 Å². The number of halogens is 2. The Balaban J connectivity index is 0.000000441. The second kappa shape index (κ2) is 30.2. The number of rotatable bonds is 20. The molecule has 1 fully saturated rings. The zero-order chi connectivity index (χ0) is 55.0.